The number of piperidine rings is 1. The molecule has 1 fully saturated rings. The van der Waals surface area contributed by atoms with Gasteiger partial charge < -0.3 is 5.32 Å². The van der Waals surface area contributed by atoms with Crippen LogP contribution in [0.5, 0.6) is 0 Å². The Kier molecular flexibility index (Phi) is 7.81. The lowest BCUT2D eigenvalue weighted by atomic mass is 10.1. The normalized spacial score (nSPS) is 15.7. The second-order valence-electron chi connectivity index (χ2n) is 10.1. The van der Waals surface area contributed by atoms with Gasteiger partial charge in [0.05, 0.1) is 4.90 Å². The van der Waals surface area contributed by atoms with E-state index in [1.165, 1.54) is 22.6 Å². The van der Waals surface area contributed by atoms with Gasteiger partial charge >= 0.3 is 5.51 Å². The number of halogens is 3. The lowest BCUT2D eigenvalue weighted by Gasteiger charge is -2.32. The molecule has 8 nitrogen and oxygen atoms in total. The Balaban J connectivity index is 1.24. The molecule has 4 aromatic rings. The van der Waals surface area contributed by atoms with Crippen molar-refractivity contribution in [2.45, 2.75) is 60.9 Å². The number of hydrogen-bond acceptors (Lipinski definition) is 7. The van der Waals surface area contributed by atoms with E-state index in [0.29, 0.717) is 31.7 Å². The molecule has 4 heterocycles. The topological polar surface area (TPSA) is 92.5 Å². The van der Waals surface area contributed by atoms with Crippen LogP contribution >= 0.6 is 11.8 Å². The first-order valence-corrected chi connectivity index (χ1v) is 15.1. The van der Waals surface area contributed by atoms with Crippen molar-refractivity contribution in [1.29, 1.82) is 0 Å². The van der Waals surface area contributed by atoms with Crippen molar-refractivity contribution in [3.8, 4) is 11.1 Å². The molecule has 0 saturated carbocycles. The molecule has 1 N–H and O–H groups in total. The van der Waals surface area contributed by atoms with Crippen LogP contribution in [0.2, 0.25) is 0 Å². The first kappa shape index (κ1) is 28.4. The molecule has 5 rings (SSSR count). The monoisotopic (exact) mass is 590 g/mol. The number of sulfonamides is 1. The fraction of sp³-hybridized carbons (Fsp3) is 0.370. The molecule has 0 unspecified atom stereocenters. The maximum Gasteiger partial charge on any atom is 0.446 e. The number of nitrogens with one attached hydrogen (secondary N) is 1. The molecule has 13 heteroatoms. The summed E-state index contributed by atoms with van der Waals surface area (Å²) in [7, 11) is -3.68. The van der Waals surface area contributed by atoms with Crippen LogP contribution in [-0.2, 0) is 10.0 Å². The zero-order valence-corrected chi connectivity index (χ0v) is 23.8. The largest absolute Gasteiger partial charge is 0.446 e. The highest BCUT2D eigenvalue weighted by molar-refractivity contribution is 8.00. The molecule has 1 aliphatic heterocycles. The fourth-order valence-corrected chi connectivity index (χ4v) is 6.78. The van der Waals surface area contributed by atoms with E-state index in [0.717, 1.165) is 28.2 Å². The van der Waals surface area contributed by atoms with Crippen LogP contribution in [-0.4, -0.2) is 56.9 Å². The van der Waals surface area contributed by atoms with Crippen molar-refractivity contribution in [1.82, 2.24) is 23.9 Å². The summed E-state index contributed by atoms with van der Waals surface area (Å²) in [5.74, 6) is 1.53. The van der Waals surface area contributed by atoms with Crippen molar-refractivity contribution in [2.24, 2.45) is 0 Å². The summed E-state index contributed by atoms with van der Waals surface area (Å²) in [5.41, 5.74) is -0.740. The molecule has 1 aliphatic rings. The molecule has 0 spiro atoms. The minimum absolute atomic E-state index is 0.0136. The van der Waals surface area contributed by atoms with Crippen LogP contribution in [0.25, 0.3) is 16.8 Å². The van der Waals surface area contributed by atoms with E-state index >= 15 is 0 Å². The Labute approximate surface area is 235 Å². The number of fused-ring (bicyclic) bond motifs is 1. The van der Waals surface area contributed by atoms with Crippen molar-refractivity contribution >= 4 is 33.3 Å². The number of aryl methyl sites for hydroxylation is 1. The number of anilines is 1. The Hall–Kier alpha value is -3.16. The molecule has 0 aliphatic carbocycles. The van der Waals surface area contributed by atoms with Crippen molar-refractivity contribution in [3.63, 3.8) is 0 Å². The van der Waals surface area contributed by atoms with Crippen molar-refractivity contribution < 1.29 is 21.6 Å². The van der Waals surface area contributed by atoms with Crippen LogP contribution in [0.1, 0.15) is 44.0 Å². The Morgan fingerprint density at radius 3 is 2.33 bits per heavy atom. The lowest BCUT2D eigenvalue weighted by molar-refractivity contribution is -0.0328. The van der Waals surface area contributed by atoms with Gasteiger partial charge in [-0.1, -0.05) is 26.0 Å². The van der Waals surface area contributed by atoms with Crippen LogP contribution < -0.4 is 5.32 Å². The third kappa shape index (κ3) is 6.11. The van der Waals surface area contributed by atoms with Gasteiger partial charge in [0.25, 0.3) is 0 Å². The lowest BCUT2D eigenvalue weighted by Crippen LogP contribution is -2.42. The molecule has 40 heavy (non-hydrogen) atoms. The van der Waals surface area contributed by atoms with E-state index in [1.807, 2.05) is 35.7 Å². The summed E-state index contributed by atoms with van der Waals surface area (Å²) in [5, 5.41) is 11.8. The van der Waals surface area contributed by atoms with Gasteiger partial charge in [0, 0.05) is 42.3 Å². The van der Waals surface area contributed by atoms with Gasteiger partial charge in [0.15, 0.2) is 5.65 Å². The SMILES string of the molecule is Cc1cc(-c2ccc(S(=O)(=O)N3CCC(Nc4ccc(SC(F)(F)F)cn4)CC3)cc2)cn2c(C(C)C)nnc12. The molecule has 1 aromatic carbocycles. The molecule has 212 valence electrons. The summed E-state index contributed by atoms with van der Waals surface area (Å²) in [6.45, 7) is 6.75. The van der Waals surface area contributed by atoms with Crippen LogP contribution in [0, 0.1) is 6.92 Å². The van der Waals surface area contributed by atoms with Gasteiger partial charge in [-0.15, -0.1) is 10.2 Å². The Bertz CT molecular complexity index is 1600. The third-order valence-corrected chi connectivity index (χ3v) is 9.45. The van der Waals surface area contributed by atoms with E-state index in [9.17, 15) is 21.6 Å². The molecular formula is C27H29F3N6O2S2. The quantitative estimate of drug-likeness (QED) is 0.260. The molecular weight excluding hydrogens is 561 g/mol. The van der Waals surface area contributed by atoms with Gasteiger partial charge in [0.2, 0.25) is 10.0 Å². The van der Waals surface area contributed by atoms with Crippen LogP contribution in [0.15, 0.2) is 64.6 Å². The molecule has 1 saturated heterocycles. The number of alkyl halides is 3. The first-order valence-electron chi connectivity index (χ1n) is 12.8. The highest BCUT2D eigenvalue weighted by Crippen LogP contribution is 2.36. The Morgan fingerprint density at radius 2 is 1.73 bits per heavy atom. The minimum Gasteiger partial charge on any atom is -0.367 e. The van der Waals surface area contributed by atoms with E-state index in [1.54, 1.807) is 12.1 Å². The van der Waals surface area contributed by atoms with Crippen molar-refractivity contribution in [2.75, 3.05) is 18.4 Å². The van der Waals surface area contributed by atoms with Gasteiger partial charge in [-0.2, -0.15) is 17.5 Å². The summed E-state index contributed by atoms with van der Waals surface area (Å²) < 4.78 is 67.7. The van der Waals surface area contributed by atoms with Gasteiger partial charge in [-0.3, -0.25) is 4.40 Å². The number of nitrogens with zero attached hydrogens (tertiary/aromatic N) is 5. The maximum absolute atomic E-state index is 13.3. The number of aromatic nitrogens is 4. The average molecular weight is 591 g/mol. The minimum atomic E-state index is -4.36. The second kappa shape index (κ2) is 11.0. The highest BCUT2D eigenvalue weighted by atomic mass is 32.2. The van der Waals surface area contributed by atoms with Crippen molar-refractivity contribution in [3.05, 3.63) is 66.2 Å². The van der Waals surface area contributed by atoms with E-state index < -0.39 is 15.5 Å². The van der Waals surface area contributed by atoms with Gasteiger partial charge in [0.1, 0.15) is 11.6 Å². The summed E-state index contributed by atoms with van der Waals surface area (Å²) in [6, 6.07) is 11.8. The number of pyridine rings is 2. The molecule has 0 bridgehead atoms. The zero-order valence-electron chi connectivity index (χ0n) is 22.2. The predicted octanol–water partition coefficient (Wildman–Crippen LogP) is 6.10. The molecule has 0 radical (unpaired) electrons. The number of thioether (sulfide) groups is 1. The summed E-state index contributed by atoms with van der Waals surface area (Å²) in [4.78, 5) is 4.31. The number of benzene rings is 1. The smallest absolute Gasteiger partial charge is 0.367 e. The number of rotatable bonds is 7. The Morgan fingerprint density at radius 1 is 1.02 bits per heavy atom. The van der Waals surface area contributed by atoms with E-state index in [-0.39, 0.29) is 33.5 Å². The molecule has 0 atom stereocenters. The van der Waals surface area contributed by atoms with E-state index in [2.05, 4.69) is 34.3 Å². The highest BCUT2D eigenvalue weighted by Gasteiger charge is 2.31. The summed E-state index contributed by atoms with van der Waals surface area (Å²) >= 11 is -0.211. The average Bonchev–Trinajstić information content (AvgIpc) is 3.35. The standard InChI is InChI=1S/C27H29F3N6O2S2/c1-17(2)25-33-34-26-18(3)14-20(16-36(25)26)19-4-7-23(8-5-19)40(37,38)35-12-10-21(11-13-35)32-24-9-6-22(15-31-24)39-27(28,29)30/h4-9,14-17,21H,10-13H2,1-3H3,(H,31,32). The summed E-state index contributed by atoms with van der Waals surface area (Å²) in [6.07, 6.45) is 4.26. The third-order valence-electron chi connectivity index (χ3n) is 6.83. The number of hydrogen-bond donors (Lipinski definition) is 1. The van der Waals surface area contributed by atoms with Gasteiger partial charge in [-0.25, -0.2) is 13.4 Å². The van der Waals surface area contributed by atoms with E-state index in [4.69, 9.17) is 0 Å². The zero-order chi connectivity index (χ0) is 28.7. The predicted molar refractivity (Wildman–Crippen MR) is 149 cm³/mol. The van der Waals surface area contributed by atoms with Gasteiger partial charge in [-0.05, 0) is 78.5 Å². The first-order chi connectivity index (χ1) is 18.9. The molecule has 3 aromatic heterocycles. The molecule has 0 amide bonds. The van der Waals surface area contributed by atoms with Crippen LogP contribution in [0.4, 0.5) is 19.0 Å². The second-order valence-corrected chi connectivity index (χ2v) is 13.2. The maximum atomic E-state index is 13.3. The van der Waals surface area contributed by atoms with Crippen LogP contribution in [0.3, 0.4) is 0 Å². The fourth-order valence-electron chi connectivity index (χ4n) is 4.80.